The summed E-state index contributed by atoms with van der Waals surface area (Å²) in [4.78, 5) is 0. The molecule has 1 aliphatic heterocycles. The van der Waals surface area contributed by atoms with Crippen molar-refractivity contribution in [3.63, 3.8) is 0 Å². The normalized spacial score (nSPS) is 31.8. The Balaban J connectivity index is 1.55. The van der Waals surface area contributed by atoms with Crippen LogP contribution in [0.5, 0.6) is 0 Å². The van der Waals surface area contributed by atoms with Crippen molar-refractivity contribution in [1.29, 1.82) is 0 Å². The molecule has 1 N–H and O–H groups in total. The number of hydrogen-bond donors (Lipinski definition) is 1. The van der Waals surface area contributed by atoms with Gasteiger partial charge in [0.05, 0.1) is 0 Å². The predicted octanol–water partition coefficient (Wildman–Crippen LogP) is 1.95. The summed E-state index contributed by atoms with van der Waals surface area (Å²) in [5.41, 5.74) is 0. The van der Waals surface area contributed by atoms with Gasteiger partial charge in [0.2, 0.25) is 0 Å². The van der Waals surface area contributed by atoms with Crippen LogP contribution in [0.3, 0.4) is 0 Å². The summed E-state index contributed by atoms with van der Waals surface area (Å²) >= 11 is 0. The van der Waals surface area contributed by atoms with Crippen molar-refractivity contribution in [1.82, 2.24) is 5.32 Å². The lowest BCUT2D eigenvalue weighted by molar-refractivity contribution is -0.0236. The monoisotopic (exact) mass is 255 g/mol. The minimum Gasteiger partial charge on any atom is -0.380 e. The van der Waals surface area contributed by atoms with Crippen molar-refractivity contribution >= 4 is 10.2 Å². The molecule has 3 heteroatoms. The Labute approximate surface area is 109 Å². The highest BCUT2D eigenvalue weighted by Gasteiger charge is 2.26. The smallest absolute Gasteiger partial charge is 0.0486 e. The van der Waals surface area contributed by atoms with Gasteiger partial charge in [0.15, 0.2) is 0 Å². The van der Waals surface area contributed by atoms with Gasteiger partial charge in [0.25, 0.3) is 0 Å². The summed E-state index contributed by atoms with van der Waals surface area (Å²) in [6, 6.07) is 0.820. The largest absolute Gasteiger partial charge is 0.380 e. The van der Waals surface area contributed by atoms with E-state index < -0.39 is 0 Å². The molecule has 1 aliphatic carbocycles. The van der Waals surface area contributed by atoms with Gasteiger partial charge < -0.3 is 10.1 Å². The second-order valence-corrected chi connectivity index (χ2v) is 7.97. The van der Waals surface area contributed by atoms with Crippen LogP contribution in [-0.2, 0) is 4.74 Å². The molecule has 17 heavy (non-hydrogen) atoms. The van der Waals surface area contributed by atoms with E-state index in [1.165, 1.54) is 81.0 Å². The maximum atomic E-state index is 5.99. The molecular formula is C14H29NOSi. The van der Waals surface area contributed by atoms with Crippen LogP contribution in [0, 0.1) is 0 Å². The third kappa shape index (κ3) is 4.72. The first-order chi connectivity index (χ1) is 8.29. The van der Waals surface area contributed by atoms with Crippen molar-refractivity contribution in [3.05, 3.63) is 0 Å². The molecule has 100 valence electrons. The molecule has 2 nitrogen and oxygen atoms in total. The Kier molecular flexibility index (Phi) is 5.51. The topological polar surface area (TPSA) is 21.3 Å². The standard InChI is InChI=1S/C14H29NOSi/c17-14(9-4-5-12-16-14)10-6-11-15-13-7-2-1-3-8-13/h13,15H,1-12H2,17H3. The Morgan fingerprint density at radius 1 is 1.12 bits per heavy atom. The summed E-state index contributed by atoms with van der Waals surface area (Å²) in [7, 11) is 1.21. The molecular weight excluding hydrogens is 226 g/mol. The van der Waals surface area contributed by atoms with E-state index >= 15 is 0 Å². The molecule has 0 aromatic carbocycles. The molecule has 1 heterocycles. The summed E-state index contributed by atoms with van der Waals surface area (Å²) in [5, 5.41) is 4.06. The fraction of sp³-hybridized carbons (Fsp3) is 1.00. The summed E-state index contributed by atoms with van der Waals surface area (Å²) in [6.45, 7) is 2.22. The van der Waals surface area contributed by atoms with Crippen LogP contribution in [0.15, 0.2) is 0 Å². The zero-order chi connectivity index (χ0) is 12.0. The third-order valence-corrected chi connectivity index (χ3v) is 5.76. The highest BCUT2D eigenvalue weighted by atomic mass is 28.1. The first-order valence-corrected chi connectivity index (χ1v) is 8.66. The predicted molar refractivity (Wildman–Crippen MR) is 76.6 cm³/mol. The summed E-state index contributed by atoms with van der Waals surface area (Å²) < 4.78 is 5.99. The van der Waals surface area contributed by atoms with Gasteiger partial charge in [-0.3, -0.25) is 0 Å². The number of rotatable bonds is 5. The van der Waals surface area contributed by atoms with E-state index in [0.29, 0.717) is 5.22 Å². The zero-order valence-corrected chi connectivity index (χ0v) is 13.5. The molecule has 2 aliphatic rings. The molecule has 0 aromatic heterocycles. The molecule has 0 aromatic rings. The number of nitrogens with one attached hydrogen (secondary N) is 1. The van der Waals surface area contributed by atoms with Crippen molar-refractivity contribution in [2.75, 3.05) is 13.2 Å². The van der Waals surface area contributed by atoms with Crippen LogP contribution < -0.4 is 5.32 Å². The van der Waals surface area contributed by atoms with E-state index in [1.807, 2.05) is 0 Å². The number of ether oxygens (including phenoxy) is 1. The average Bonchev–Trinajstić information content (AvgIpc) is 2.37. The maximum absolute atomic E-state index is 5.99. The van der Waals surface area contributed by atoms with Gasteiger partial charge in [-0.15, -0.1) is 0 Å². The highest BCUT2D eigenvalue weighted by Crippen LogP contribution is 2.26. The molecule has 2 rings (SSSR count). The van der Waals surface area contributed by atoms with Gasteiger partial charge in [-0.05, 0) is 51.5 Å². The summed E-state index contributed by atoms with van der Waals surface area (Å²) in [6.07, 6.45) is 13.7. The van der Waals surface area contributed by atoms with Gasteiger partial charge in [0.1, 0.15) is 0 Å². The van der Waals surface area contributed by atoms with Gasteiger partial charge in [-0.2, -0.15) is 0 Å². The Hall–Kier alpha value is 0.137. The van der Waals surface area contributed by atoms with E-state index in [9.17, 15) is 0 Å². The molecule has 1 unspecified atom stereocenters. The molecule has 0 radical (unpaired) electrons. The van der Waals surface area contributed by atoms with E-state index in [0.717, 1.165) is 12.6 Å². The quantitative estimate of drug-likeness (QED) is 0.599. The summed E-state index contributed by atoms with van der Waals surface area (Å²) in [5.74, 6) is 0. The maximum Gasteiger partial charge on any atom is 0.0486 e. The second-order valence-electron chi connectivity index (χ2n) is 6.15. The van der Waals surface area contributed by atoms with Gasteiger partial charge in [-0.25, -0.2) is 0 Å². The molecule has 2 fully saturated rings. The van der Waals surface area contributed by atoms with Crippen LogP contribution in [0.1, 0.15) is 64.2 Å². The van der Waals surface area contributed by atoms with E-state index in [-0.39, 0.29) is 0 Å². The van der Waals surface area contributed by atoms with E-state index in [4.69, 9.17) is 4.74 Å². The van der Waals surface area contributed by atoms with Crippen molar-refractivity contribution in [2.45, 2.75) is 75.5 Å². The minimum atomic E-state index is 0.326. The van der Waals surface area contributed by atoms with Crippen LogP contribution in [-0.4, -0.2) is 34.7 Å². The first kappa shape index (κ1) is 13.6. The molecule has 0 bridgehead atoms. The molecule has 0 amide bonds. The Morgan fingerprint density at radius 2 is 1.94 bits per heavy atom. The van der Waals surface area contributed by atoms with Crippen LogP contribution in [0.4, 0.5) is 0 Å². The minimum absolute atomic E-state index is 0.326. The molecule has 1 saturated carbocycles. The molecule has 1 saturated heterocycles. The van der Waals surface area contributed by atoms with Gasteiger partial charge >= 0.3 is 0 Å². The molecule has 0 spiro atoms. The van der Waals surface area contributed by atoms with Crippen LogP contribution in [0.2, 0.25) is 0 Å². The lowest BCUT2D eigenvalue weighted by Crippen LogP contribution is -2.38. The second kappa shape index (κ2) is 6.91. The average molecular weight is 255 g/mol. The van der Waals surface area contributed by atoms with Crippen molar-refractivity contribution in [3.8, 4) is 0 Å². The Bertz CT molecular complexity index is 210. The zero-order valence-electron chi connectivity index (χ0n) is 11.5. The fourth-order valence-corrected chi connectivity index (χ4v) is 4.18. The SMILES string of the molecule is [SiH3]C1(CCCNC2CCCCC2)CCCCO1. The van der Waals surface area contributed by atoms with Crippen molar-refractivity contribution in [2.24, 2.45) is 0 Å². The van der Waals surface area contributed by atoms with E-state index in [1.54, 1.807) is 0 Å². The van der Waals surface area contributed by atoms with E-state index in [2.05, 4.69) is 5.32 Å². The molecule has 1 atom stereocenters. The third-order valence-electron chi connectivity index (χ3n) is 4.47. The van der Waals surface area contributed by atoms with Crippen molar-refractivity contribution < 1.29 is 4.74 Å². The van der Waals surface area contributed by atoms with Gasteiger partial charge in [0, 0.05) is 28.1 Å². The van der Waals surface area contributed by atoms with Crippen LogP contribution >= 0.6 is 0 Å². The number of hydrogen-bond acceptors (Lipinski definition) is 2. The lowest BCUT2D eigenvalue weighted by Gasteiger charge is -2.34. The van der Waals surface area contributed by atoms with Gasteiger partial charge in [-0.1, -0.05) is 19.3 Å². The first-order valence-electron chi connectivity index (χ1n) is 7.66. The fourth-order valence-electron chi connectivity index (χ4n) is 3.26. The Morgan fingerprint density at radius 3 is 2.65 bits per heavy atom. The lowest BCUT2D eigenvalue weighted by atomic mass is 9.95. The highest BCUT2D eigenvalue weighted by molar-refractivity contribution is 6.14. The van der Waals surface area contributed by atoms with Crippen LogP contribution in [0.25, 0.3) is 0 Å².